The van der Waals surface area contributed by atoms with Gasteiger partial charge in [-0.15, -0.1) is 5.10 Å². The second kappa shape index (κ2) is 7.58. The molecular weight excluding hydrogens is 315 g/mol. The third-order valence-corrected chi connectivity index (χ3v) is 3.35. The molecule has 2 rings (SSSR count). The molecule has 0 spiro atoms. The predicted molar refractivity (Wildman–Crippen MR) is 85.0 cm³/mol. The fourth-order valence-corrected chi connectivity index (χ4v) is 2.12. The molecule has 1 heterocycles. The number of benzene rings is 1. The van der Waals surface area contributed by atoms with E-state index in [1.54, 1.807) is 19.2 Å². The Bertz CT molecular complexity index is 727. The molecule has 0 aliphatic carbocycles. The minimum atomic E-state index is -0.364. The summed E-state index contributed by atoms with van der Waals surface area (Å²) in [5.41, 5.74) is 1.06. The van der Waals surface area contributed by atoms with Crippen molar-refractivity contribution >= 4 is 11.8 Å². The molecule has 128 valence electrons. The number of aryl methyl sites for hydroxylation is 1. The van der Waals surface area contributed by atoms with Crippen LogP contribution in [-0.2, 0) is 18.4 Å². The predicted octanol–water partition coefficient (Wildman–Crippen LogP) is 0.956. The number of nitrogens with zero attached hydrogens (tertiary/aromatic N) is 3. The summed E-state index contributed by atoms with van der Waals surface area (Å²) in [6.45, 7) is 0.148. The van der Waals surface area contributed by atoms with Crippen LogP contribution in [0.25, 0.3) is 0 Å². The van der Waals surface area contributed by atoms with Crippen LogP contribution in [0.1, 0.15) is 15.9 Å². The minimum Gasteiger partial charge on any atom is -0.479 e. The highest BCUT2D eigenvalue weighted by Crippen LogP contribution is 2.16. The van der Waals surface area contributed by atoms with Crippen molar-refractivity contribution in [3.05, 3.63) is 47.4 Å². The van der Waals surface area contributed by atoms with Crippen molar-refractivity contribution in [2.75, 3.05) is 20.7 Å². The summed E-state index contributed by atoms with van der Waals surface area (Å²) in [6, 6.07) is 5.83. The first-order valence-electron chi connectivity index (χ1n) is 7.25. The number of likely N-dealkylation sites (N-methyl/N-ethyl adjacent to an activating group) is 1. The number of halogens is 1. The fourth-order valence-electron chi connectivity index (χ4n) is 2.12. The van der Waals surface area contributed by atoms with Crippen molar-refractivity contribution in [2.24, 2.45) is 7.05 Å². The Morgan fingerprint density at radius 3 is 2.62 bits per heavy atom. The highest BCUT2D eigenvalue weighted by molar-refractivity contribution is 5.98. The maximum Gasteiger partial charge on any atom is 0.261 e. The van der Waals surface area contributed by atoms with Gasteiger partial charge in [-0.1, -0.05) is 12.1 Å². The number of methoxy groups -OCH3 is 1. The second-order valence-electron chi connectivity index (χ2n) is 5.29. The van der Waals surface area contributed by atoms with Gasteiger partial charge in [-0.2, -0.15) is 0 Å². The van der Waals surface area contributed by atoms with E-state index in [0.717, 1.165) is 5.56 Å². The smallest absolute Gasteiger partial charge is 0.261 e. The lowest BCUT2D eigenvalue weighted by Gasteiger charge is -2.16. The zero-order valence-electron chi connectivity index (χ0n) is 13.7. The first kappa shape index (κ1) is 17.5. The molecule has 1 aromatic heterocycles. The lowest BCUT2D eigenvalue weighted by atomic mass is 10.2. The monoisotopic (exact) mass is 334 g/mol. The molecule has 0 fully saturated rings. The zero-order valence-corrected chi connectivity index (χ0v) is 13.7. The average Bonchev–Trinajstić information content (AvgIpc) is 2.94. The molecule has 0 radical (unpaired) electrons. The quantitative estimate of drug-likeness (QED) is 0.853. The first-order valence-corrected chi connectivity index (χ1v) is 7.25. The molecule has 0 unspecified atom stereocenters. The SMILES string of the molecule is COc1nn(C)cc1C(=O)N(C)CC(=O)NCc1ccc(F)cc1. The summed E-state index contributed by atoms with van der Waals surface area (Å²) in [6.07, 6.45) is 1.54. The lowest BCUT2D eigenvalue weighted by Crippen LogP contribution is -2.38. The standard InChI is InChI=1S/C16H19FN4O3/c1-20(16(23)13-9-21(2)19-15(13)24-3)10-14(22)18-8-11-4-6-12(17)7-5-11/h4-7,9H,8,10H2,1-3H3,(H,18,22). The number of carbonyl (C=O) groups is 2. The second-order valence-corrected chi connectivity index (χ2v) is 5.29. The third kappa shape index (κ3) is 4.31. The van der Waals surface area contributed by atoms with Crippen LogP contribution in [0.3, 0.4) is 0 Å². The third-order valence-electron chi connectivity index (χ3n) is 3.35. The number of hydrogen-bond donors (Lipinski definition) is 1. The van der Waals surface area contributed by atoms with Crippen LogP contribution in [0.4, 0.5) is 4.39 Å². The summed E-state index contributed by atoms with van der Waals surface area (Å²) in [7, 11) is 4.62. The Hall–Kier alpha value is -2.90. The number of ether oxygens (including phenoxy) is 1. The Morgan fingerprint density at radius 2 is 2.00 bits per heavy atom. The number of nitrogens with one attached hydrogen (secondary N) is 1. The van der Waals surface area contributed by atoms with Crippen LogP contribution >= 0.6 is 0 Å². The van der Waals surface area contributed by atoms with Gasteiger partial charge >= 0.3 is 0 Å². The molecular formula is C16H19FN4O3. The van der Waals surface area contributed by atoms with E-state index >= 15 is 0 Å². The van der Waals surface area contributed by atoms with Crippen molar-refractivity contribution in [1.82, 2.24) is 20.0 Å². The van der Waals surface area contributed by atoms with Crippen LogP contribution < -0.4 is 10.1 Å². The van der Waals surface area contributed by atoms with Gasteiger partial charge in [0.15, 0.2) is 0 Å². The number of amides is 2. The first-order chi connectivity index (χ1) is 11.4. The highest BCUT2D eigenvalue weighted by atomic mass is 19.1. The van der Waals surface area contributed by atoms with E-state index in [9.17, 15) is 14.0 Å². The minimum absolute atomic E-state index is 0.113. The summed E-state index contributed by atoms with van der Waals surface area (Å²) in [5.74, 6) is -0.809. The number of hydrogen-bond acceptors (Lipinski definition) is 4. The Labute approximate surface area is 139 Å². The van der Waals surface area contributed by atoms with Gasteiger partial charge in [0.1, 0.15) is 11.4 Å². The van der Waals surface area contributed by atoms with Gasteiger partial charge in [0.2, 0.25) is 11.8 Å². The van der Waals surface area contributed by atoms with Gasteiger partial charge in [-0.3, -0.25) is 14.3 Å². The molecule has 0 saturated carbocycles. The molecule has 1 N–H and O–H groups in total. The van der Waals surface area contributed by atoms with E-state index in [-0.39, 0.29) is 42.2 Å². The molecule has 0 bridgehead atoms. The zero-order chi connectivity index (χ0) is 17.7. The van der Waals surface area contributed by atoms with Crippen molar-refractivity contribution < 1.29 is 18.7 Å². The van der Waals surface area contributed by atoms with Crippen LogP contribution in [-0.4, -0.2) is 47.2 Å². The van der Waals surface area contributed by atoms with Gasteiger partial charge in [0.05, 0.1) is 13.7 Å². The Morgan fingerprint density at radius 1 is 1.33 bits per heavy atom. The van der Waals surface area contributed by atoms with E-state index in [2.05, 4.69) is 10.4 Å². The van der Waals surface area contributed by atoms with Gasteiger partial charge < -0.3 is 15.0 Å². The van der Waals surface area contributed by atoms with Gasteiger partial charge in [-0.05, 0) is 17.7 Å². The van der Waals surface area contributed by atoms with Crippen LogP contribution in [0, 0.1) is 5.82 Å². The summed E-state index contributed by atoms with van der Waals surface area (Å²) in [4.78, 5) is 25.6. The lowest BCUT2D eigenvalue weighted by molar-refractivity contribution is -0.121. The van der Waals surface area contributed by atoms with Crippen molar-refractivity contribution in [3.8, 4) is 5.88 Å². The van der Waals surface area contributed by atoms with E-state index in [1.165, 1.54) is 42.1 Å². The average molecular weight is 334 g/mol. The number of carbonyl (C=O) groups excluding carboxylic acids is 2. The molecule has 0 aliphatic heterocycles. The van der Waals surface area contributed by atoms with Crippen LogP contribution in [0.15, 0.2) is 30.5 Å². The normalized spacial score (nSPS) is 10.3. The molecule has 0 saturated heterocycles. The molecule has 2 aromatic rings. The van der Waals surface area contributed by atoms with E-state index in [1.807, 2.05) is 0 Å². The van der Waals surface area contributed by atoms with Gasteiger partial charge in [0.25, 0.3) is 5.91 Å². The summed E-state index contributed by atoms with van der Waals surface area (Å²) < 4.78 is 19.3. The summed E-state index contributed by atoms with van der Waals surface area (Å²) in [5, 5.41) is 6.69. The van der Waals surface area contributed by atoms with Crippen LogP contribution in [0.5, 0.6) is 5.88 Å². The topological polar surface area (TPSA) is 76.5 Å². The van der Waals surface area contributed by atoms with E-state index < -0.39 is 0 Å². The highest BCUT2D eigenvalue weighted by Gasteiger charge is 2.21. The van der Waals surface area contributed by atoms with Gasteiger partial charge in [0, 0.05) is 26.8 Å². The molecule has 8 heteroatoms. The van der Waals surface area contributed by atoms with E-state index in [4.69, 9.17) is 4.74 Å². The number of rotatable bonds is 6. The molecule has 7 nitrogen and oxygen atoms in total. The maximum atomic E-state index is 12.8. The maximum absolute atomic E-state index is 12.8. The van der Waals surface area contributed by atoms with Crippen molar-refractivity contribution in [3.63, 3.8) is 0 Å². The molecule has 0 aliphatic rings. The Balaban J connectivity index is 1.90. The Kier molecular flexibility index (Phi) is 5.51. The molecule has 0 atom stereocenters. The van der Waals surface area contributed by atoms with Gasteiger partial charge in [-0.25, -0.2) is 4.39 Å². The summed E-state index contributed by atoms with van der Waals surface area (Å²) >= 11 is 0. The molecule has 1 aromatic carbocycles. The van der Waals surface area contributed by atoms with Crippen LogP contribution in [0.2, 0.25) is 0 Å². The number of aromatic nitrogens is 2. The molecule has 24 heavy (non-hydrogen) atoms. The van der Waals surface area contributed by atoms with E-state index in [0.29, 0.717) is 0 Å². The largest absolute Gasteiger partial charge is 0.479 e. The van der Waals surface area contributed by atoms with Crippen molar-refractivity contribution in [2.45, 2.75) is 6.54 Å². The van der Waals surface area contributed by atoms with Crippen molar-refractivity contribution in [1.29, 1.82) is 0 Å². The fraction of sp³-hybridized carbons (Fsp3) is 0.312. The molecule has 2 amide bonds.